The van der Waals surface area contributed by atoms with Crippen LogP contribution in [-0.2, 0) is 6.54 Å². The number of nitriles is 1. The normalized spacial score (nSPS) is 12.1. The van der Waals surface area contributed by atoms with Crippen LogP contribution < -0.4 is 0 Å². The number of aromatic nitrogens is 1. The molecule has 3 nitrogen and oxygen atoms in total. The van der Waals surface area contributed by atoms with Crippen LogP contribution in [0.3, 0.4) is 0 Å². The number of benzene rings is 1. The van der Waals surface area contributed by atoms with E-state index in [4.69, 9.17) is 5.26 Å². The van der Waals surface area contributed by atoms with Gasteiger partial charge in [-0.2, -0.15) is 5.26 Å². The zero-order valence-corrected chi connectivity index (χ0v) is 9.67. The number of rotatable bonds is 3. The zero-order valence-electron chi connectivity index (χ0n) is 9.67. The van der Waals surface area contributed by atoms with E-state index < -0.39 is 6.10 Å². The molecule has 0 saturated carbocycles. The third kappa shape index (κ3) is 2.74. The molecular weight excluding hydrogens is 212 g/mol. The lowest BCUT2D eigenvalue weighted by atomic mass is 10.1. The maximum atomic E-state index is 9.42. The van der Waals surface area contributed by atoms with Crippen molar-refractivity contribution in [3.8, 4) is 6.07 Å². The van der Waals surface area contributed by atoms with Crippen LogP contribution in [0.2, 0.25) is 0 Å². The molecule has 0 saturated heterocycles. The molecule has 2 rings (SSSR count). The molecule has 0 bridgehead atoms. The summed E-state index contributed by atoms with van der Waals surface area (Å²) in [5, 5.41) is 18.1. The van der Waals surface area contributed by atoms with Crippen LogP contribution in [-0.4, -0.2) is 9.67 Å². The molecule has 1 aromatic heterocycles. The van der Waals surface area contributed by atoms with Gasteiger partial charge >= 0.3 is 0 Å². The summed E-state index contributed by atoms with van der Waals surface area (Å²) in [6, 6.07) is 11.5. The largest absolute Gasteiger partial charge is 0.389 e. The van der Waals surface area contributed by atoms with Gasteiger partial charge in [-0.15, -0.1) is 0 Å². The Bertz CT molecular complexity index is 532. The standard InChI is InChI=1S/C14H14N2O/c1-11(17)14-6-7-16(10-14)9-13-4-2-12(8-15)3-5-13/h2-7,10-11,17H,9H2,1H3. The van der Waals surface area contributed by atoms with Crippen molar-refractivity contribution in [2.24, 2.45) is 0 Å². The van der Waals surface area contributed by atoms with E-state index >= 15 is 0 Å². The predicted octanol–water partition coefficient (Wildman–Crippen LogP) is 2.46. The molecule has 17 heavy (non-hydrogen) atoms. The van der Waals surface area contributed by atoms with Crippen molar-refractivity contribution in [1.82, 2.24) is 4.57 Å². The van der Waals surface area contributed by atoms with Crippen molar-refractivity contribution in [3.63, 3.8) is 0 Å². The molecule has 86 valence electrons. The van der Waals surface area contributed by atoms with Gasteiger partial charge in [0.2, 0.25) is 0 Å². The third-order valence-corrected chi connectivity index (χ3v) is 2.70. The van der Waals surface area contributed by atoms with Crippen LogP contribution in [0.25, 0.3) is 0 Å². The van der Waals surface area contributed by atoms with E-state index in [1.54, 1.807) is 6.92 Å². The van der Waals surface area contributed by atoms with E-state index in [1.165, 1.54) is 0 Å². The first kappa shape index (κ1) is 11.4. The first-order valence-corrected chi connectivity index (χ1v) is 5.52. The van der Waals surface area contributed by atoms with E-state index in [0.29, 0.717) is 5.56 Å². The Morgan fingerprint density at radius 3 is 2.53 bits per heavy atom. The summed E-state index contributed by atoms with van der Waals surface area (Å²) in [6.45, 7) is 2.50. The Morgan fingerprint density at radius 2 is 2.00 bits per heavy atom. The van der Waals surface area contributed by atoms with Gasteiger partial charge in [-0.1, -0.05) is 12.1 Å². The fraction of sp³-hybridized carbons (Fsp3) is 0.214. The van der Waals surface area contributed by atoms with Gasteiger partial charge in [-0.05, 0) is 36.2 Å². The van der Waals surface area contributed by atoms with E-state index in [1.807, 2.05) is 47.3 Å². The molecule has 1 aromatic carbocycles. The molecular formula is C14H14N2O. The second-order valence-electron chi connectivity index (χ2n) is 4.10. The molecule has 0 radical (unpaired) electrons. The molecule has 0 aliphatic rings. The van der Waals surface area contributed by atoms with Gasteiger partial charge in [0.15, 0.2) is 0 Å². The Hall–Kier alpha value is -2.05. The zero-order chi connectivity index (χ0) is 12.3. The summed E-state index contributed by atoms with van der Waals surface area (Å²) < 4.78 is 2.02. The first-order valence-electron chi connectivity index (χ1n) is 5.52. The lowest BCUT2D eigenvalue weighted by molar-refractivity contribution is 0.199. The fourth-order valence-corrected chi connectivity index (χ4v) is 1.70. The van der Waals surface area contributed by atoms with Crippen LogP contribution in [0.1, 0.15) is 29.7 Å². The van der Waals surface area contributed by atoms with E-state index in [9.17, 15) is 5.11 Å². The molecule has 0 aliphatic carbocycles. The predicted molar refractivity (Wildman–Crippen MR) is 65.3 cm³/mol. The van der Waals surface area contributed by atoms with Gasteiger partial charge in [-0.25, -0.2) is 0 Å². The van der Waals surface area contributed by atoms with E-state index in [-0.39, 0.29) is 0 Å². The van der Waals surface area contributed by atoms with Crippen molar-refractivity contribution >= 4 is 0 Å². The minimum Gasteiger partial charge on any atom is -0.389 e. The second-order valence-corrected chi connectivity index (χ2v) is 4.10. The molecule has 0 fully saturated rings. The number of hydrogen-bond donors (Lipinski definition) is 1. The number of hydrogen-bond acceptors (Lipinski definition) is 2. The monoisotopic (exact) mass is 226 g/mol. The molecule has 1 atom stereocenters. The number of aliphatic hydroxyl groups is 1. The van der Waals surface area contributed by atoms with Crippen molar-refractivity contribution < 1.29 is 5.11 Å². The lowest BCUT2D eigenvalue weighted by Crippen LogP contribution is -1.96. The minimum absolute atomic E-state index is 0.433. The molecule has 0 spiro atoms. The maximum Gasteiger partial charge on any atom is 0.0991 e. The summed E-state index contributed by atoms with van der Waals surface area (Å²) in [6.07, 6.45) is 3.44. The SMILES string of the molecule is CC(O)c1ccn(Cc2ccc(C#N)cc2)c1. The Morgan fingerprint density at radius 1 is 1.29 bits per heavy atom. The summed E-state index contributed by atoms with van der Waals surface area (Å²) in [4.78, 5) is 0. The highest BCUT2D eigenvalue weighted by molar-refractivity contribution is 5.31. The summed E-state index contributed by atoms with van der Waals surface area (Å²) in [5.74, 6) is 0. The van der Waals surface area contributed by atoms with Gasteiger partial charge in [0.25, 0.3) is 0 Å². The molecule has 3 heteroatoms. The molecule has 2 aromatic rings. The van der Waals surface area contributed by atoms with E-state index in [2.05, 4.69) is 6.07 Å². The summed E-state index contributed by atoms with van der Waals surface area (Å²) in [7, 11) is 0. The van der Waals surface area contributed by atoms with Crippen LogP contribution in [0.5, 0.6) is 0 Å². The van der Waals surface area contributed by atoms with Crippen LogP contribution in [0, 0.1) is 11.3 Å². The highest BCUT2D eigenvalue weighted by Crippen LogP contribution is 2.13. The van der Waals surface area contributed by atoms with Crippen molar-refractivity contribution in [1.29, 1.82) is 5.26 Å². The smallest absolute Gasteiger partial charge is 0.0991 e. The van der Waals surface area contributed by atoms with Gasteiger partial charge in [0.05, 0.1) is 17.7 Å². The topological polar surface area (TPSA) is 49.0 Å². The lowest BCUT2D eigenvalue weighted by Gasteiger charge is -2.03. The number of nitrogens with zero attached hydrogens (tertiary/aromatic N) is 2. The Balaban J connectivity index is 2.11. The van der Waals surface area contributed by atoms with Crippen molar-refractivity contribution in [2.75, 3.05) is 0 Å². The van der Waals surface area contributed by atoms with Crippen molar-refractivity contribution in [2.45, 2.75) is 19.6 Å². The average Bonchev–Trinajstić information content (AvgIpc) is 2.79. The van der Waals surface area contributed by atoms with Gasteiger partial charge in [0, 0.05) is 18.9 Å². The molecule has 1 heterocycles. The molecule has 1 N–H and O–H groups in total. The highest BCUT2D eigenvalue weighted by atomic mass is 16.3. The van der Waals surface area contributed by atoms with Crippen molar-refractivity contribution in [3.05, 3.63) is 59.4 Å². The first-order chi connectivity index (χ1) is 8.19. The average molecular weight is 226 g/mol. The minimum atomic E-state index is -0.433. The molecule has 0 amide bonds. The quantitative estimate of drug-likeness (QED) is 0.874. The van der Waals surface area contributed by atoms with Gasteiger partial charge < -0.3 is 9.67 Å². The van der Waals surface area contributed by atoms with Crippen LogP contribution in [0.15, 0.2) is 42.7 Å². The molecule has 1 unspecified atom stereocenters. The molecule has 0 aliphatic heterocycles. The summed E-state index contributed by atoms with van der Waals surface area (Å²) in [5.41, 5.74) is 2.72. The Kier molecular flexibility index (Phi) is 3.27. The van der Waals surface area contributed by atoms with E-state index in [0.717, 1.165) is 17.7 Å². The van der Waals surface area contributed by atoms with Crippen LogP contribution in [0.4, 0.5) is 0 Å². The fourth-order valence-electron chi connectivity index (χ4n) is 1.70. The number of aliphatic hydroxyl groups excluding tert-OH is 1. The highest BCUT2D eigenvalue weighted by Gasteiger charge is 2.03. The third-order valence-electron chi connectivity index (χ3n) is 2.70. The van der Waals surface area contributed by atoms with Gasteiger partial charge in [0.1, 0.15) is 0 Å². The second kappa shape index (κ2) is 4.86. The van der Waals surface area contributed by atoms with Gasteiger partial charge in [-0.3, -0.25) is 0 Å². The maximum absolute atomic E-state index is 9.42. The Labute approximate surface area is 101 Å². The van der Waals surface area contributed by atoms with Crippen LogP contribution >= 0.6 is 0 Å². The summed E-state index contributed by atoms with van der Waals surface area (Å²) >= 11 is 0.